The second-order valence-electron chi connectivity index (χ2n) is 8.78. The van der Waals surface area contributed by atoms with Crippen LogP contribution in [-0.2, 0) is 9.53 Å². The number of carbonyl (C=O) groups is 1. The van der Waals surface area contributed by atoms with Gasteiger partial charge in [0.25, 0.3) is 5.56 Å². The zero-order valence-corrected chi connectivity index (χ0v) is 26.0. The first-order valence-electron chi connectivity index (χ1n) is 12.4. The lowest BCUT2D eigenvalue weighted by atomic mass is 9.95. The van der Waals surface area contributed by atoms with Crippen molar-refractivity contribution in [1.82, 2.24) is 14.5 Å². The van der Waals surface area contributed by atoms with Crippen molar-refractivity contribution in [3.05, 3.63) is 89.0 Å². The summed E-state index contributed by atoms with van der Waals surface area (Å²) in [6.07, 6.45) is 3.34. The molecule has 1 aliphatic rings. The topological polar surface area (TPSA) is 118 Å². The molecule has 0 amide bonds. The van der Waals surface area contributed by atoms with Gasteiger partial charge in [0.2, 0.25) is 0 Å². The average Bonchev–Trinajstić information content (AvgIpc) is 3.44. The van der Waals surface area contributed by atoms with Crippen molar-refractivity contribution in [3.8, 4) is 11.5 Å². The number of benzene rings is 1. The molecule has 0 saturated heterocycles. The summed E-state index contributed by atoms with van der Waals surface area (Å²) < 4.78 is 25.0. The van der Waals surface area contributed by atoms with E-state index in [-0.39, 0.29) is 17.7 Å². The van der Waals surface area contributed by atoms with Crippen LogP contribution in [0.2, 0.25) is 0 Å². The number of nitrogens with zero attached hydrogens (tertiary/aromatic N) is 4. The number of aryl methyl sites for hydroxylation is 1. The third kappa shape index (κ3) is 5.74. The van der Waals surface area contributed by atoms with E-state index in [1.807, 2.05) is 13.0 Å². The second-order valence-corrected chi connectivity index (χ2v) is 11.6. The molecule has 212 valence electrons. The van der Waals surface area contributed by atoms with E-state index in [1.54, 1.807) is 57.5 Å². The Hall–Kier alpha value is -3.68. The smallest absolute Gasteiger partial charge is 0.338 e. The molecule has 4 aromatic rings. The van der Waals surface area contributed by atoms with Crippen LogP contribution in [0.4, 0.5) is 0 Å². The Morgan fingerprint density at radius 3 is 2.73 bits per heavy atom. The van der Waals surface area contributed by atoms with Gasteiger partial charge >= 0.3 is 5.97 Å². The number of rotatable bonds is 8. The molecule has 1 aromatic carbocycles. The van der Waals surface area contributed by atoms with E-state index in [4.69, 9.17) is 18.6 Å². The minimum atomic E-state index is -0.832. The summed E-state index contributed by atoms with van der Waals surface area (Å²) in [7, 11) is 3.07. The number of ether oxygens (including phenoxy) is 3. The number of allylic oxidation sites excluding steroid dienone is 1. The van der Waals surface area contributed by atoms with Crippen molar-refractivity contribution in [2.24, 2.45) is 4.99 Å². The SMILES string of the molecule is CCOC(=O)C1=C(C)N=c2s/c(=C/c3cc(Br)c(Sc4nccc(C)n4)o3)c(=O)n2[C@H]1c1ccc(OC)cc1OC. The van der Waals surface area contributed by atoms with Crippen LogP contribution in [0, 0.1) is 6.92 Å². The van der Waals surface area contributed by atoms with Gasteiger partial charge in [-0.1, -0.05) is 11.3 Å². The molecule has 0 radical (unpaired) electrons. The molecular weight excluding hydrogens is 632 g/mol. The van der Waals surface area contributed by atoms with E-state index < -0.39 is 12.0 Å². The van der Waals surface area contributed by atoms with Gasteiger partial charge in [0.05, 0.1) is 41.1 Å². The first-order chi connectivity index (χ1) is 19.7. The highest BCUT2D eigenvalue weighted by molar-refractivity contribution is 9.10. The first kappa shape index (κ1) is 28.8. The highest BCUT2D eigenvalue weighted by Gasteiger charge is 2.35. The molecule has 0 N–H and O–H groups in total. The molecule has 4 heterocycles. The highest BCUT2D eigenvalue weighted by atomic mass is 79.9. The summed E-state index contributed by atoms with van der Waals surface area (Å²) in [4.78, 5) is 40.8. The lowest BCUT2D eigenvalue weighted by Crippen LogP contribution is -2.40. The van der Waals surface area contributed by atoms with Crippen molar-refractivity contribution >= 4 is 51.1 Å². The lowest BCUT2D eigenvalue weighted by Gasteiger charge is -2.26. The number of fused-ring (bicyclic) bond motifs is 1. The zero-order valence-electron chi connectivity index (χ0n) is 22.8. The van der Waals surface area contributed by atoms with Crippen LogP contribution in [-0.4, -0.2) is 41.3 Å². The average molecular weight is 658 g/mol. The Bertz CT molecular complexity index is 1860. The van der Waals surface area contributed by atoms with Gasteiger partial charge in [-0.2, -0.15) is 0 Å². The molecule has 0 fully saturated rings. The summed E-state index contributed by atoms with van der Waals surface area (Å²) in [5.74, 6) is 0.929. The number of hydrogen-bond donors (Lipinski definition) is 0. The zero-order chi connectivity index (χ0) is 29.3. The Morgan fingerprint density at radius 1 is 1.22 bits per heavy atom. The molecule has 10 nitrogen and oxygen atoms in total. The van der Waals surface area contributed by atoms with Gasteiger partial charge in [-0.15, -0.1) is 0 Å². The largest absolute Gasteiger partial charge is 0.497 e. The minimum absolute atomic E-state index is 0.174. The van der Waals surface area contributed by atoms with E-state index in [2.05, 4.69) is 30.9 Å². The Balaban J connectivity index is 1.64. The lowest BCUT2D eigenvalue weighted by molar-refractivity contribution is -0.139. The molecule has 1 aliphatic heterocycles. The predicted octanol–water partition coefficient (Wildman–Crippen LogP) is 4.42. The standard InChI is InChI=1S/C28H25BrN4O6S2/c1-6-38-25(35)22-15(3)32-28-33(23(22)18-8-7-16(36-4)12-20(18)37-5)24(34)21(40-28)13-17-11-19(29)26(39-17)41-27-30-10-9-14(2)31-27/h7-13,23H,6H2,1-5H3/b21-13+/t23-/m0/s1. The number of aromatic nitrogens is 3. The van der Waals surface area contributed by atoms with E-state index in [9.17, 15) is 9.59 Å². The summed E-state index contributed by atoms with van der Waals surface area (Å²) in [6.45, 7) is 5.52. The second kappa shape index (κ2) is 12.0. The molecule has 0 bridgehead atoms. The van der Waals surface area contributed by atoms with E-state index >= 15 is 0 Å². The van der Waals surface area contributed by atoms with E-state index in [0.29, 0.717) is 52.6 Å². The highest BCUT2D eigenvalue weighted by Crippen LogP contribution is 2.38. The third-order valence-electron chi connectivity index (χ3n) is 6.16. The fraction of sp³-hybridized carbons (Fsp3) is 0.250. The number of methoxy groups -OCH3 is 2. The summed E-state index contributed by atoms with van der Waals surface area (Å²) >= 11 is 5.99. The van der Waals surface area contributed by atoms with Gasteiger partial charge in [-0.05, 0) is 72.7 Å². The molecule has 3 aromatic heterocycles. The molecule has 1 atom stereocenters. The number of thiazole rings is 1. The predicted molar refractivity (Wildman–Crippen MR) is 157 cm³/mol. The van der Waals surface area contributed by atoms with E-state index in [0.717, 1.165) is 5.69 Å². The van der Waals surface area contributed by atoms with Gasteiger partial charge in [0, 0.05) is 29.6 Å². The summed E-state index contributed by atoms with van der Waals surface area (Å²) in [5.41, 5.74) is 1.81. The minimum Gasteiger partial charge on any atom is -0.497 e. The summed E-state index contributed by atoms with van der Waals surface area (Å²) in [6, 6.07) is 8.00. The Labute approximate surface area is 251 Å². The van der Waals surface area contributed by atoms with Crippen LogP contribution in [0.25, 0.3) is 6.08 Å². The molecular formula is C28H25BrN4O6S2. The first-order valence-corrected chi connectivity index (χ1v) is 14.8. The van der Waals surface area contributed by atoms with E-state index in [1.165, 1.54) is 34.8 Å². The van der Waals surface area contributed by atoms with Gasteiger partial charge in [0.15, 0.2) is 15.1 Å². The Kier molecular flexibility index (Phi) is 8.47. The molecule has 0 saturated carbocycles. The Morgan fingerprint density at radius 2 is 2.02 bits per heavy atom. The molecule has 0 unspecified atom stereocenters. The van der Waals surface area contributed by atoms with Gasteiger partial charge in [0.1, 0.15) is 23.3 Å². The number of carbonyl (C=O) groups excluding carboxylic acids is 1. The molecule has 41 heavy (non-hydrogen) atoms. The molecule has 0 spiro atoms. The molecule has 13 heteroatoms. The third-order valence-corrected chi connectivity index (χ3v) is 8.86. The normalized spacial score (nSPS) is 15.0. The van der Waals surface area contributed by atoms with Crippen molar-refractivity contribution in [2.75, 3.05) is 20.8 Å². The van der Waals surface area contributed by atoms with Gasteiger partial charge in [-0.25, -0.2) is 19.8 Å². The van der Waals surface area contributed by atoms with Crippen molar-refractivity contribution in [1.29, 1.82) is 0 Å². The molecule has 5 rings (SSSR count). The number of hydrogen-bond acceptors (Lipinski definition) is 11. The van der Waals surface area contributed by atoms with Crippen molar-refractivity contribution < 1.29 is 23.4 Å². The number of halogens is 1. The van der Waals surface area contributed by atoms with Crippen LogP contribution in [0.5, 0.6) is 11.5 Å². The van der Waals surface area contributed by atoms with Crippen LogP contribution >= 0.6 is 39.0 Å². The fourth-order valence-electron chi connectivity index (χ4n) is 4.33. The van der Waals surface area contributed by atoms with Gasteiger partial charge in [-0.3, -0.25) is 9.36 Å². The maximum absolute atomic E-state index is 13.9. The molecule has 0 aliphatic carbocycles. The number of furan rings is 1. The van der Waals surface area contributed by atoms with Crippen LogP contribution < -0.4 is 24.4 Å². The monoisotopic (exact) mass is 656 g/mol. The maximum Gasteiger partial charge on any atom is 0.338 e. The van der Waals surface area contributed by atoms with Crippen LogP contribution in [0.3, 0.4) is 0 Å². The fourth-order valence-corrected chi connectivity index (χ4v) is 6.67. The quantitative estimate of drug-likeness (QED) is 0.201. The summed E-state index contributed by atoms with van der Waals surface area (Å²) in [5, 5.41) is 1.09. The van der Waals surface area contributed by atoms with Gasteiger partial charge < -0.3 is 18.6 Å². The van der Waals surface area contributed by atoms with Crippen LogP contribution in [0.1, 0.15) is 36.9 Å². The maximum atomic E-state index is 13.9. The van der Waals surface area contributed by atoms with Crippen molar-refractivity contribution in [3.63, 3.8) is 0 Å². The number of esters is 1. The van der Waals surface area contributed by atoms with Crippen molar-refractivity contribution in [2.45, 2.75) is 37.1 Å². The van der Waals surface area contributed by atoms with Crippen LogP contribution in [0.15, 0.2) is 76.7 Å².